The Hall–Kier alpha value is -1.49. The second-order valence-electron chi connectivity index (χ2n) is 6.62. The standard InChI is InChI=1S/C17H23N3O3S/c1-3-23-16-11-15(17(16)8-4-5-9-17)20(2)24(21,22)14-7-6-10-19-13(14)12-18/h6-7,10,15-16H,3-5,8-9,11H2,1-2H3. The van der Waals surface area contributed by atoms with Crippen LogP contribution in [0.5, 0.6) is 0 Å². The lowest BCUT2D eigenvalue weighted by Crippen LogP contribution is -2.63. The average Bonchev–Trinajstić information content (AvgIpc) is 3.10. The van der Waals surface area contributed by atoms with E-state index in [1.165, 1.54) is 16.6 Å². The van der Waals surface area contributed by atoms with Crippen LogP contribution in [0.3, 0.4) is 0 Å². The molecule has 2 aliphatic rings. The number of ether oxygens (including phenoxy) is 1. The van der Waals surface area contributed by atoms with Crippen LogP contribution in [-0.2, 0) is 14.8 Å². The Bertz CT molecular complexity index is 751. The summed E-state index contributed by atoms with van der Waals surface area (Å²) in [6.45, 7) is 2.63. The summed E-state index contributed by atoms with van der Waals surface area (Å²) in [5, 5.41) is 9.17. The topological polar surface area (TPSA) is 83.3 Å². The molecule has 2 atom stereocenters. The van der Waals surface area contributed by atoms with Crippen LogP contribution in [0.25, 0.3) is 0 Å². The first-order valence-electron chi connectivity index (χ1n) is 8.42. The molecule has 130 valence electrons. The third-order valence-electron chi connectivity index (χ3n) is 5.62. The molecule has 0 N–H and O–H groups in total. The van der Waals surface area contributed by atoms with Crippen molar-refractivity contribution in [3.8, 4) is 6.07 Å². The molecule has 2 saturated carbocycles. The van der Waals surface area contributed by atoms with Crippen LogP contribution < -0.4 is 0 Å². The van der Waals surface area contributed by atoms with Gasteiger partial charge in [0.1, 0.15) is 11.0 Å². The summed E-state index contributed by atoms with van der Waals surface area (Å²) >= 11 is 0. The van der Waals surface area contributed by atoms with Crippen molar-refractivity contribution in [1.29, 1.82) is 5.26 Å². The molecule has 1 aromatic heterocycles. The number of nitrogens with zero attached hydrogens (tertiary/aromatic N) is 3. The van der Waals surface area contributed by atoms with Crippen LogP contribution in [-0.4, -0.2) is 43.5 Å². The Morgan fingerprint density at radius 1 is 1.46 bits per heavy atom. The fourth-order valence-corrected chi connectivity index (χ4v) is 5.90. The van der Waals surface area contributed by atoms with Crippen LogP contribution in [0, 0.1) is 16.7 Å². The van der Waals surface area contributed by atoms with E-state index in [1.54, 1.807) is 13.1 Å². The van der Waals surface area contributed by atoms with Gasteiger partial charge in [0, 0.05) is 31.3 Å². The van der Waals surface area contributed by atoms with Gasteiger partial charge in [0.25, 0.3) is 0 Å². The van der Waals surface area contributed by atoms with Crippen LogP contribution >= 0.6 is 0 Å². The largest absolute Gasteiger partial charge is 0.378 e. The summed E-state index contributed by atoms with van der Waals surface area (Å²) in [5.41, 5.74) is -0.127. The van der Waals surface area contributed by atoms with Crippen molar-refractivity contribution in [3.05, 3.63) is 24.0 Å². The summed E-state index contributed by atoms with van der Waals surface area (Å²) in [6.07, 6.45) is 6.52. The highest BCUT2D eigenvalue weighted by atomic mass is 32.2. The molecule has 1 aromatic rings. The third kappa shape index (κ3) is 2.53. The monoisotopic (exact) mass is 349 g/mol. The molecule has 0 aliphatic heterocycles. The van der Waals surface area contributed by atoms with Crippen LogP contribution in [0.1, 0.15) is 44.7 Å². The zero-order chi connectivity index (χ0) is 17.4. The Balaban J connectivity index is 1.91. The minimum absolute atomic E-state index is 0.0111. The Labute approximate surface area is 143 Å². The average molecular weight is 349 g/mol. The molecule has 3 rings (SSSR count). The third-order valence-corrected chi connectivity index (χ3v) is 7.52. The molecule has 0 bridgehead atoms. The van der Waals surface area contributed by atoms with Gasteiger partial charge in [-0.15, -0.1) is 0 Å². The maximum Gasteiger partial charge on any atom is 0.245 e. The first kappa shape index (κ1) is 17.3. The van der Waals surface area contributed by atoms with Crippen molar-refractivity contribution < 1.29 is 13.2 Å². The molecule has 0 radical (unpaired) electrons. The summed E-state index contributed by atoms with van der Waals surface area (Å²) in [6, 6.07) is 4.81. The fraction of sp³-hybridized carbons (Fsp3) is 0.647. The number of sulfonamides is 1. The maximum atomic E-state index is 13.0. The molecule has 1 heterocycles. The molecule has 7 heteroatoms. The van der Waals surface area contributed by atoms with Gasteiger partial charge in [0.15, 0.2) is 5.69 Å². The van der Waals surface area contributed by atoms with Gasteiger partial charge in [-0.1, -0.05) is 12.8 Å². The van der Waals surface area contributed by atoms with Gasteiger partial charge in [-0.3, -0.25) is 0 Å². The normalized spacial score (nSPS) is 25.6. The lowest BCUT2D eigenvalue weighted by atomic mass is 9.60. The molecular weight excluding hydrogens is 326 g/mol. The van der Waals surface area contributed by atoms with E-state index in [0.717, 1.165) is 25.7 Å². The predicted molar refractivity (Wildman–Crippen MR) is 88.6 cm³/mol. The highest BCUT2D eigenvalue weighted by Gasteiger charge is 2.59. The summed E-state index contributed by atoms with van der Waals surface area (Å²) in [7, 11) is -2.13. The van der Waals surface area contributed by atoms with Crippen molar-refractivity contribution in [2.24, 2.45) is 5.41 Å². The van der Waals surface area contributed by atoms with Gasteiger partial charge >= 0.3 is 0 Å². The van der Waals surface area contributed by atoms with Crippen molar-refractivity contribution in [1.82, 2.24) is 9.29 Å². The number of rotatable bonds is 5. The molecule has 2 fully saturated rings. The molecule has 0 amide bonds. The first-order valence-corrected chi connectivity index (χ1v) is 9.86. The predicted octanol–water partition coefficient (Wildman–Crippen LogP) is 2.31. The van der Waals surface area contributed by atoms with E-state index in [4.69, 9.17) is 4.74 Å². The van der Waals surface area contributed by atoms with Gasteiger partial charge in [-0.05, 0) is 38.3 Å². The van der Waals surface area contributed by atoms with Gasteiger partial charge < -0.3 is 4.74 Å². The van der Waals surface area contributed by atoms with E-state index in [1.807, 2.05) is 13.0 Å². The zero-order valence-corrected chi connectivity index (χ0v) is 14.9. The highest BCUT2D eigenvalue weighted by molar-refractivity contribution is 7.89. The maximum absolute atomic E-state index is 13.0. The quantitative estimate of drug-likeness (QED) is 0.814. The van der Waals surface area contributed by atoms with Crippen LogP contribution in [0.4, 0.5) is 0 Å². The Morgan fingerprint density at radius 3 is 2.79 bits per heavy atom. The zero-order valence-electron chi connectivity index (χ0n) is 14.1. The number of pyridine rings is 1. The first-order chi connectivity index (χ1) is 11.5. The van der Waals surface area contributed by atoms with E-state index in [9.17, 15) is 13.7 Å². The number of nitriles is 1. The molecule has 0 aromatic carbocycles. The Kier molecular flexibility index (Phi) is 4.65. The number of hydrogen-bond acceptors (Lipinski definition) is 5. The number of hydrogen-bond donors (Lipinski definition) is 0. The minimum Gasteiger partial charge on any atom is -0.378 e. The van der Waals surface area contributed by atoms with E-state index in [-0.39, 0.29) is 28.2 Å². The SMILES string of the molecule is CCOC1CC(N(C)S(=O)(=O)c2cccnc2C#N)C12CCCC2. The van der Waals surface area contributed by atoms with E-state index < -0.39 is 10.0 Å². The van der Waals surface area contributed by atoms with Gasteiger partial charge in [0.2, 0.25) is 10.0 Å². The lowest BCUT2D eigenvalue weighted by Gasteiger charge is -2.56. The molecule has 0 saturated heterocycles. The smallest absolute Gasteiger partial charge is 0.245 e. The van der Waals surface area contributed by atoms with E-state index in [2.05, 4.69) is 4.98 Å². The highest BCUT2D eigenvalue weighted by Crippen LogP contribution is 2.57. The summed E-state index contributed by atoms with van der Waals surface area (Å²) in [4.78, 5) is 3.88. The van der Waals surface area contributed by atoms with Crippen molar-refractivity contribution in [3.63, 3.8) is 0 Å². The second-order valence-corrected chi connectivity index (χ2v) is 8.58. The van der Waals surface area contributed by atoms with Crippen molar-refractivity contribution in [2.45, 2.75) is 56.1 Å². The number of aromatic nitrogens is 1. The molecule has 2 unspecified atom stereocenters. The van der Waals surface area contributed by atoms with E-state index in [0.29, 0.717) is 13.0 Å². The summed E-state index contributed by atoms with van der Waals surface area (Å²) < 4.78 is 33.4. The molecule has 24 heavy (non-hydrogen) atoms. The molecule has 2 aliphatic carbocycles. The minimum atomic E-state index is -3.75. The lowest BCUT2D eigenvalue weighted by molar-refractivity contribution is -0.145. The molecular formula is C17H23N3O3S. The van der Waals surface area contributed by atoms with Gasteiger partial charge in [0.05, 0.1) is 6.10 Å². The van der Waals surface area contributed by atoms with Crippen molar-refractivity contribution in [2.75, 3.05) is 13.7 Å². The second kappa shape index (κ2) is 6.43. The summed E-state index contributed by atoms with van der Waals surface area (Å²) in [5.74, 6) is 0. The van der Waals surface area contributed by atoms with Crippen LogP contribution in [0.15, 0.2) is 23.2 Å². The van der Waals surface area contributed by atoms with Gasteiger partial charge in [-0.25, -0.2) is 13.4 Å². The van der Waals surface area contributed by atoms with E-state index >= 15 is 0 Å². The van der Waals surface area contributed by atoms with Crippen molar-refractivity contribution >= 4 is 10.0 Å². The fourth-order valence-electron chi connectivity index (χ4n) is 4.37. The molecule has 1 spiro atoms. The van der Waals surface area contributed by atoms with Gasteiger partial charge in [-0.2, -0.15) is 9.57 Å². The van der Waals surface area contributed by atoms with Crippen LogP contribution in [0.2, 0.25) is 0 Å². The Morgan fingerprint density at radius 2 is 2.17 bits per heavy atom. The molecule has 6 nitrogen and oxygen atoms in total.